The zero-order valence-electron chi connectivity index (χ0n) is 12.1. The van der Waals surface area contributed by atoms with Gasteiger partial charge in [-0.1, -0.05) is 42.5 Å². The summed E-state index contributed by atoms with van der Waals surface area (Å²) in [5.41, 5.74) is 1.84. The summed E-state index contributed by atoms with van der Waals surface area (Å²) >= 11 is 1.69. The largest absolute Gasteiger partial charge is 0.480 e. The molecule has 0 heterocycles. The van der Waals surface area contributed by atoms with Crippen LogP contribution in [0, 0.1) is 0 Å². The number of aliphatic carboxylic acids is 1. The van der Waals surface area contributed by atoms with Crippen LogP contribution in [0.5, 0.6) is 0 Å². The van der Waals surface area contributed by atoms with Crippen LogP contribution in [-0.2, 0) is 4.79 Å². The maximum atomic E-state index is 11.5. The second kappa shape index (κ2) is 7.29. The van der Waals surface area contributed by atoms with Crippen molar-refractivity contribution in [3.05, 3.63) is 65.7 Å². The van der Waals surface area contributed by atoms with Crippen molar-refractivity contribution in [2.75, 3.05) is 6.26 Å². The van der Waals surface area contributed by atoms with Crippen molar-refractivity contribution < 1.29 is 9.90 Å². The standard InChI is InChI=1S/C17H19NO2S/c1-12(13-8-10-15(21-2)11-9-13)18-16(17(19)20)14-6-4-3-5-7-14/h3-12,16,18H,1-2H3,(H,19,20). The lowest BCUT2D eigenvalue weighted by Gasteiger charge is -2.21. The first-order valence-corrected chi connectivity index (χ1v) is 8.02. The maximum Gasteiger partial charge on any atom is 0.325 e. The van der Waals surface area contributed by atoms with Crippen LogP contribution in [0.4, 0.5) is 0 Å². The van der Waals surface area contributed by atoms with Crippen molar-refractivity contribution in [3.8, 4) is 0 Å². The average Bonchev–Trinajstić information content (AvgIpc) is 2.53. The Morgan fingerprint density at radius 2 is 1.67 bits per heavy atom. The quantitative estimate of drug-likeness (QED) is 0.795. The van der Waals surface area contributed by atoms with Gasteiger partial charge in [0.2, 0.25) is 0 Å². The lowest BCUT2D eigenvalue weighted by molar-refractivity contribution is -0.139. The Labute approximate surface area is 129 Å². The topological polar surface area (TPSA) is 49.3 Å². The number of carboxylic acid groups (broad SMARTS) is 1. The molecule has 2 unspecified atom stereocenters. The Bertz CT molecular complexity index is 583. The molecule has 0 amide bonds. The Morgan fingerprint density at radius 1 is 1.05 bits per heavy atom. The first-order valence-electron chi connectivity index (χ1n) is 6.79. The second-order valence-corrected chi connectivity index (χ2v) is 5.72. The molecule has 0 bridgehead atoms. The van der Waals surface area contributed by atoms with Crippen molar-refractivity contribution in [1.29, 1.82) is 0 Å². The van der Waals surface area contributed by atoms with Gasteiger partial charge in [-0.3, -0.25) is 10.1 Å². The van der Waals surface area contributed by atoms with Gasteiger partial charge in [0.25, 0.3) is 0 Å². The van der Waals surface area contributed by atoms with E-state index in [0.29, 0.717) is 0 Å². The van der Waals surface area contributed by atoms with E-state index in [2.05, 4.69) is 17.4 Å². The van der Waals surface area contributed by atoms with Gasteiger partial charge < -0.3 is 5.11 Å². The van der Waals surface area contributed by atoms with E-state index in [1.165, 1.54) is 4.90 Å². The van der Waals surface area contributed by atoms with E-state index in [0.717, 1.165) is 11.1 Å². The van der Waals surface area contributed by atoms with Gasteiger partial charge in [-0.15, -0.1) is 11.8 Å². The molecule has 3 nitrogen and oxygen atoms in total. The maximum absolute atomic E-state index is 11.5. The summed E-state index contributed by atoms with van der Waals surface area (Å²) < 4.78 is 0. The van der Waals surface area contributed by atoms with E-state index in [1.54, 1.807) is 11.8 Å². The first-order chi connectivity index (χ1) is 10.1. The Kier molecular flexibility index (Phi) is 5.42. The Morgan fingerprint density at radius 3 is 2.19 bits per heavy atom. The molecule has 0 fully saturated rings. The molecule has 21 heavy (non-hydrogen) atoms. The second-order valence-electron chi connectivity index (χ2n) is 4.84. The van der Waals surface area contributed by atoms with Crippen molar-refractivity contribution in [2.45, 2.75) is 23.9 Å². The molecule has 0 aliphatic carbocycles. The van der Waals surface area contributed by atoms with Crippen molar-refractivity contribution in [2.24, 2.45) is 0 Å². The number of hydrogen-bond donors (Lipinski definition) is 2. The van der Waals surface area contributed by atoms with Crippen LogP contribution in [0.2, 0.25) is 0 Å². The van der Waals surface area contributed by atoms with E-state index in [-0.39, 0.29) is 6.04 Å². The van der Waals surface area contributed by atoms with E-state index >= 15 is 0 Å². The fraction of sp³-hybridized carbons (Fsp3) is 0.235. The van der Waals surface area contributed by atoms with Crippen LogP contribution in [0.1, 0.15) is 30.1 Å². The van der Waals surface area contributed by atoms with Gasteiger partial charge in [-0.05, 0) is 36.4 Å². The van der Waals surface area contributed by atoms with E-state index in [9.17, 15) is 9.90 Å². The van der Waals surface area contributed by atoms with Gasteiger partial charge in [-0.2, -0.15) is 0 Å². The molecule has 110 valence electrons. The zero-order valence-corrected chi connectivity index (χ0v) is 12.9. The molecule has 2 aromatic rings. The van der Waals surface area contributed by atoms with Crippen LogP contribution >= 0.6 is 11.8 Å². The predicted octanol–water partition coefficient (Wildman–Crippen LogP) is 3.89. The highest BCUT2D eigenvalue weighted by Crippen LogP contribution is 2.22. The Hall–Kier alpha value is -1.78. The molecule has 0 aromatic heterocycles. The Balaban J connectivity index is 2.14. The van der Waals surface area contributed by atoms with Crippen LogP contribution in [0.25, 0.3) is 0 Å². The van der Waals surface area contributed by atoms with Gasteiger partial charge in [-0.25, -0.2) is 0 Å². The predicted molar refractivity (Wildman–Crippen MR) is 86.6 cm³/mol. The van der Waals surface area contributed by atoms with E-state index < -0.39 is 12.0 Å². The summed E-state index contributed by atoms with van der Waals surface area (Å²) in [4.78, 5) is 12.7. The summed E-state index contributed by atoms with van der Waals surface area (Å²) in [6.45, 7) is 1.98. The molecule has 4 heteroatoms. The van der Waals surface area contributed by atoms with E-state index in [4.69, 9.17) is 0 Å². The highest BCUT2D eigenvalue weighted by atomic mass is 32.2. The van der Waals surface area contributed by atoms with Gasteiger partial charge in [0.15, 0.2) is 0 Å². The lowest BCUT2D eigenvalue weighted by Crippen LogP contribution is -2.30. The number of thioether (sulfide) groups is 1. The molecule has 2 atom stereocenters. The number of benzene rings is 2. The zero-order chi connectivity index (χ0) is 15.2. The molecule has 2 rings (SSSR count). The SMILES string of the molecule is CSc1ccc(C(C)NC(C(=O)O)c2ccccc2)cc1. The molecule has 0 aliphatic heterocycles. The van der Waals surface area contributed by atoms with Gasteiger partial charge >= 0.3 is 5.97 Å². The van der Waals surface area contributed by atoms with Gasteiger partial charge in [0.05, 0.1) is 0 Å². The third-order valence-corrected chi connectivity index (χ3v) is 4.16. The first kappa shape index (κ1) is 15.6. The molecule has 0 spiro atoms. The fourth-order valence-electron chi connectivity index (χ4n) is 2.19. The van der Waals surface area contributed by atoms with Crippen LogP contribution in [0.15, 0.2) is 59.5 Å². The highest BCUT2D eigenvalue weighted by Gasteiger charge is 2.21. The minimum atomic E-state index is -0.867. The molecule has 0 aliphatic rings. The minimum Gasteiger partial charge on any atom is -0.480 e. The molecule has 0 radical (unpaired) electrons. The number of carbonyl (C=O) groups is 1. The van der Waals surface area contributed by atoms with Crippen LogP contribution in [0.3, 0.4) is 0 Å². The summed E-state index contributed by atoms with van der Waals surface area (Å²) in [5.74, 6) is -0.867. The summed E-state index contributed by atoms with van der Waals surface area (Å²) in [5, 5.41) is 12.6. The monoisotopic (exact) mass is 301 g/mol. The van der Waals surface area contributed by atoms with Crippen LogP contribution < -0.4 is 5.32 Å². The molecule has 2 N–H and O–H groups in total. The van der Waals surface area contributed by atoms with Crippen molar-refractivity contribution >= 4 is 17.7 Å². The fourth-order valence-corrected chi connectivity index (χ4v) is 2.60. The lowest BCUT2D eigenvalue weighted by atomic mass is 10.0. The molecule has 2 aromatic carbocycles. The number of nitrogens with one attached hydrogen (secondary N) is 1. The van der Waals surface area contributed by atoms with Crippen molar-refractivity contribution in [1.82, 2.24) is 5.32 Å². The summed E-state index contributed by atoms with van der Waals surface area (Å²) in [6, 6.07) is 16.7. The highest BCUT2D eigenvalue weighted by molar-refractivity contribution is 7.98. The number of rotatable bonds is 6. The third kappa shape index (κ3) is 4.09. The van der Waals surface area contributed by atoms with Gasteiger partial charge in [0.1, 0.15) is 6.04 Å². The van der Waals surface area contributed by atoms with Gasteiger partial charge in [0, 0.05) is 10.9 Å². The van der Waals surface area contributed by atoms with E-state index in [1.807, 2.05) is 55.6 Å². The molecular weight excluding hydrogens is 282 g/mol. The van der Waals surface area contributed by atoms with Crippen molar-refractivity contribution in [3.63, 3.8) is 0 Å². The summed E-state index contributed by atoms with van der Waals surface area (Å²) in [6.07, 6.45) is 2.03. The molecule has 0 saturated heterocycles. The number of hydrogen-bond acceptors (Lipinski definition) is 3. The normalized spacial score (nSPS) is 13.6. The third-order valence-electron chi connectivity index (χ3n) is 3.41. The minimum absolute atomic E-state index is 0.0396. The smallest absolute Gasteiger partial charge is 0.325 e. The average molecular weight is 301 g/mol. The molecular formula is C17H19NO2S. The molecule has 0 saturated carbocycles. The summed E-state index contributed by atoms with van der Waals surface area (Å²) in [7, 11) is 0. The van der Waals surface area contributed by atoms with Crippen LogP contribution in [-0.4, -0.2) is 17.3 Å². The number of carboxylic acids is 1.